The molecule has 0 fully saturated rings. The van der Waals surface area contributed by atoms with Crippen LogP contribution in [0.2, 0.25) is 0 Å². The first-order valence-corrected chi connectivity index (χ1v) is 8.51. The van der Waals surface area contributed by atoms with E-state index in [4.69, 9.17) is 0 Å². The monoisotopic (exact) mass is 365 g/mol. The number of nitrogens with one attached hydrogen (secondary N) is 1. The predicted molar refractivity (Wildman–Crippen MR) is 93.5 cm³/mol. The van der Waals surface area contributed by atoms with Gasteiger partial charge in [-0.1, -0.05) is 61.9 Å². The molecule has 0 saturated heterocycles. The average molecular weight is 365 g/mol. The second-order valence-electron chi connectivity index (χ2n) is 6.10. The molecular formula is C20H22F3NO2. The Morgan fingerprint density at radius 3 is 2.31 bits per heavy atom. The molecule has 0 bridgehead atoms. The topological polar surface area (TPSA) is 49.3 Å². The lowest BCUT2D eigenvalue weighted by Crippen LogP contribution is -2.33. The number of halogens is 3. The standard InChI is InChI=1S/C20H22F3NO2/c1-2-8-15(14-9-4-3-5-10-14)19(26)24-13-18(25)16-11-6-7-12-17(16)20(21,22)23/h3-7,9-12,15,18,25H,2,8,13H2,1H3,(H,24,26). The average Bonchev–Trinajstić information content (AvgIpc) is 2.64. The molecule has 140 valence electrons. The number of hydrogen-bond donors (Lipinski definition) is 2. The van der Waals surface area contributed by atoms with Crippen molar-refractivity contribution in [1.29, 1.82) is 0 Å². The Balaban J connectivity index is 2.09. The molecule has 0 saturated carbocycles. The molecule has 0 heterocycles. The van der Waals surface area contributed by atoms with Gasteiger partial charge in [0.2, 0.25) is 5.91 Å². The third-order valence-electron chi connectivity index (χ3n) is 4.19. The number of carbonyl (C=O) groups is 1. The van der Waals surface area contributed by atoms with Crippen molar-refractivity contribution in [3.63, 3.8) is 0 Å². The van der Waals surface area contributed by atoms with E-state index in [0.717, 1.165) is 18.1 Å². The summed E-state index contributed by atoms with van der Waals surface area (Å²) in [7, 11) is 0. The number of alkyl halides is 3. The zero-order valence-corrected chi connectivity index (χ0v) is 14.5. The fourth-order valence-corrected chi connectivity index (χ4v) is 2.90. The van der Waals surface area contributed by atoms with Crippen molar-refractivity contribution >= 4 is 5.91 Å². The van der Waals surface area contributed by atoms with Gasteiger partial charge in [0.1, 0.15) is 0 Å². The van der Waals surface area contributed by atoms with E-state index in [-0.39, 0.29) is 18.0 Å². The molecule has 1 amide bonds. The van der Waals surface area contributed by atoms with Gasteiger partial charge >= 0.3 is 6.18 Å². The molecule has 0 aliphatic carbocycles. The second kappa shape index (κ2) is 8.85. The molecule has 0 aromatic heterocycles. The van der Waals surface area contributed by atoms with Crippen LogP contribution >= 0.6 is 0 Å². The molecule has 2 unspecified atom stereocenters. The van der Waals surface area contributed by atoms with Gasteiger partial charge in [-0.05, 0) is 23.6 Å². The highest BCUT2D eigenvalue weighted by atomic mass is 19.4. The molecule has 3 nitrogen and oxygen atoms in total. The summed E-state index contributed by atoms with van der Waals surface area (Å²) in [6, 6.07) is 14.0. The summed E-state index contributed by atoms with van der Waals surface area (Å²) in [6.07, 6.45) is -4.59. The molecule has 2 rings (SSSR count). The van der Waals surface area contributed by atoms with Gasteiger partial charge < -0.3 is 10.4 Å². The molecule has 0 radical (unpaired) electrons. The van der Waals surface area contributed by atoms with Crippen molar-refractivity contribution in [2.45, 2.75) is 38.0 Å². The first-order chi connectivity index (χ1) is 12.3. The van der Waals surface area contributed by atoms with Gasteiger partial charge in [0.25, 0.3) is 0 Å². The predicted octanol–water partition coefficient (Wildman–Crippen LogP) is 4.44. The van der Waals surface area contributed by atoms with Gasteiger partial charge in [0.05, 0.1) is 17.6 Å². The first-order valence-electron chi connectivity index (χ1n) is 8.51. The van der Waals surface area contributed by atoms with E-state index in [9.17, 15) is 23.1 Å². The van der Waals surface area contributed by atoms with Crippen LogP contribution in [0.25, 0.3) is 0 Å². The summed E-state index contributed by atoms with van der Waals surface area (Å²) in [5, 5.41) is 12.8. The van der Waals surface area contributed by atoms with E-state index in [1.807, 2.05) is 37.3 Å². The molecule has 0 spiro atoms. The van der Waals surface area contributed by atoms with Crippen LogP contribution in [0.4, 0.5) is 13.2 Å². The summed E-state index contributed by atoms with van der Waals surface area (Å²) in [6.45, 7) is 1.68. The summed E-state index contributed by atoms with van der Waals surface area (Å²) >= 11 is 0. The largest absolute Gasteiger partial charge is 0.416 e. The maximum Gasteiger partial charge on any atom is 0.416 e. The molecular weight excluding hydrogens is 343 g/mol. The number of aliphatic hydroxyl groups excluding tert-OH is 1. The normalized spacial score (nSPS) is 13.9. The lowest BCUT2D eigenvalue weighted by Gasteiger charge is -2.20. The summed E-state index contributed by atoms with van der Waals surface area (Å²) in [4.78, 5) is 12.5. The fourth-order valence-electron chi connectivity index (χ4n) is 2.90. The van der Waals surface area contributed by atoms with E-state index in [2.05, 4.69) is 5.32 Å². The van der Waals surface area contributed by atoms with Crippen molar-refractivity contribution in [3.05, 3.63) is 71.3 Å². The minimum Gasteiger partial charge on any atom is -0.387 e. The minimum atomic E-state index is -4.56. The van der Waals surface area contributed by atoms with Crippen LogP contribution in [-0.4, -0.2) is 17.6 Å². The number of hydrogen-bond acceptors (Lipinski definition) is 2. The van der Waals surface area contributed by atoms with Crippen LogP contribution in [0.5, 0.6) is 0 Å². The van der Waals surface area contributed by atoms with Crippen molar-refractivity contribution < 1.29 is 23.1 Å². The Labute approximate surface area is 150 Å². The number of benzene rings is 2. The summed E-state index contributed by atoms with van der Waals surface area (Å²) < 4.78 is 39.2. The van der Waals surface area contributed by atoms with Crippen molar-refractivity contribution in [2.75, 3.05) is 6.54 Å². The first kappa shape index (κ1) is 20.0. The SMILES string of the molecule is CCCC(C(=O)NCC(O)c1ccccc1C(F)(F)F)c1ccccc1. The lowest BCUT2D eigenvalue weighted by molar-refractivity contribution is -0.139. The number of carbonyl (C=O) groups excluding carboxylic acids is 1. The Bertz CT molecular complexity index is 716. The van der Waals surface area contributed by atoms with Crippen molar-refractivity contribution in [2.24, 2.45) is 0 Å². The maximum atomic E-state index is 13.1. The third-order valence-corrected chi connectivity index (χ3v) is 4.19. The van der Waals surface area contributed by atoms with Gasteiger partial charge in [0.15, 0.2) is 0 Å². The van der Waals surface area contributed by atoms with Gasteiger partial charge in [0, 0.05) is 6.54 Å². The van der Waals surface area contributed by atoms with Gasteiger partial charge in [-0.25, -0.2) is 0 Å². The Morgan fingerprint density at radius 1 is 1.08 bits per heavy atom. The zero-order valence-electron chi connectivity index (χ0n) is 14.5. The molecule has 2 aromatic rings. The van der Waals surface area contributed by atoms with Crippen LogP contribution in [0.15, 0.2) is 54.6 Å². The third kappa shape index (κ3) is 5.08. The van der Waals surface area contributed by atoms with E-state index in [1.54, 1.807) is 0 Å². The van der Waals surface area contributed by atoms with E-state index >= 15 is 0 Å². The highest BCUT2D eigenvalue weighted by molar-refractivity contribution is 5.83. The molecule has 2 aromatic carbocycles. The van der Waals surface area contributed by atoms with Gasteiger partial charge in [-0.15, -0.1) is 0 Å². The molecule has 0 aliphatic rings. The van der Waals surface area contributed by atoms with E-state index in [0.29, 0.717) is 6.42 Å². The van der Waals surface area contributed by atoms with Gasteiger partial charge in [-0.2, -0.15) is 13.2 Å². The summed E-state index contributed by atoms with van der Waals surface area (Å²) in [5.74, 6) is -0.701. The van der Waals surface area contributed by atoms with Crippen LogP contribution < -0.4 is 5.32 Å². The van der Waals surface area contributed by atoms with Crippen LogP contribution in [0.3, 0.4) is 0 Å². The quantitative estimate of drug-likeness (QED) is 0.762. The van der Waals surface area contributed by atoms with E-state index < -0.39 is 23.8 Å². The molecule has 6 heteroatoms. The van der Waals surface area contributed by atoms with Crippen molar-refractivity contribution in [3.8, 4) is 0 Å². The maximum absolute atomic E-state index is 13.1. The fraction of sp³-hybridized carbons (Fsp3) is 0.350. The number of aliphatic hydroxyl groups is 1. The molecule has 2 N–H and O–H groups in total. The Morgan fingerprint density at radius 2 is 1.69 bits per heavy atom. The van der Waals surface area contributed by atoms with Crippen LogP contribution in [-0.2, 0) is 11.0 Å². The Kier molecular flexibility index (Phi) is 6.80. The molecule has 2 atom stereocenters. The zero-order chi connectivity index (χ0) is 19.2. The van der Waals surface area contributed by atoms with Crippen LogP contribution in [0.1, 0.15) is 48.5 Å². The highest BCUT2D eigenvalue weighted by Crippen LogP contribution is 2.34. The minimum absolute atomic E-state index is 0.243. The molecule has 26 heavy (non-hydrogen) atoms. The van der Waals surface area contributed by atoms with E-state index in [1.165, 1.54) is 18.2 Å². The molecule has 0 aliphatic heterocycles. The lowest BCUT2D eigenvalue weighted by atomic mass is 9.93. The highest BCUT2D eigenvalue weighted by Gasteiger charge is 2.34. The Hall–Kier alpha value is -2.34. The summed E-state index contributed by atoms with van der Waals surface area (Å²) in [5.41, 5.74) is -0.293. The number of amides is 1. The second-order valence-corrected chi connectivity index (χ2v) is 6.10. The van der Waals surface area contributed by atoms with Crippen molar-refractivity contribution in [1.82, 2.24) is 5.32 Å². The van der Waals surface area contributed by atoms with Crippen LogP contribution in [0, 0.1) is 0 Å². The van der Waals surface area contributed by atoms with Gasteiger partial charge in [-0.3, -0.25) is 4.79 Å². The number of rotatable bonds is 7. The smallest absolute Gasteiger partial charge is 0.387 e.